The van der Waals surface area contributed by atoms with Gasteiger partial charge < -0.3 is 4.90 Å². The Morgan fingerprint density at radius 1 is 0.274 bits per heavy atom. The summed E-state index contributed by atoms with van der Waals surface area (Å²) >= 11 is 0. The molecule has 1 spiro atoms. The zero-order valence-electron chi connectivity index (χ0n) is 33.7. The Morgan fingerprint density at radius 2 is 0.677 bits per heavy atom. The molecule has 12 rings (SSSR count). The highest BCUT2D eigenvalue weighted by atomic mass is 15.2. The van der Waals surface area contributed by atoms with Crippen molar-refractivity contribution in [3.8, 4) is 67.5 Å². The third-order valence-electron chi connectivity index (χ3n) is 12.5. The zero-order chi connectivity index (χ0) is 41.0. The molecule has 4 heteroatoms. The van der Waals surface area contributed by atoms with E-state index in [0.29, 0.717) is 17.5 Å². The first-order valence-corrected chi connectivity index (χ1v) is 21.1. The molecule has 4 nitrogen and oxygen atoms in total. The van der Waals surface area contributed by atoms with Gasteiger partial charge in [0, 0.05) is 22.4 Å². The molecule has 62 heavy (non-hydrogen) atoms. The fourth-order valence-corrected chi connectivity index (χ4v) is 9.79. The molecule has 9 aromatic carbocycles. The molecule has 0 radical (unpaired) electrons. The number of fused-ring (bicyclic) bond motifs is 9. The molecule has 0 unspecified atom stereocenters. The van der Waals surface area contributed by atoms with Gasteiger partial charge >= 0.3 is 0 Å². The number of para-hydroxylation sites is 3. The van der Waals surface area contributed by atoms with Crippen LogP contribution in [0.4, 0.5) is 17.1 Å². The lowest BCUT2D eigenvalue weighted by molar-refractivity contribution is 0.753. The summed E-state index contributed by atoms with van der Waals surface area (Å²) in [4.78, 5) is 17.4. The molecular formula is C58H38N4. The van der Waals surface area contributed by atoms with E-state index in [4.69, 9.17) is 15.0 Å². The lowest BCUT2D eigenvalue weighted by Gasteiger charge is -2.45. The van der Waals surface area contributed by atoms with E-state index in [0.717, 1.165) is 39.1 Å². The average molecular weight is 791 g/mol. The standard InChI is InChI=1S/C58H38N4/c1-4-18-39(19-5-1)55-59-56(40-20-6-2-7-21-40)61-57(60-55)45-25-17-24-43(37-45)41-22-16-23-42(36-41)44-34-35-48-47-28-10-11-29-49(47)58(52(48)38-44)50-30-12-14-32-53(50)62(46-26-8-3-9-27-46)54-33-15-13-31-51(54)58/h1-38H. The van der Waals surface area contributed by atoms with Gasteiger partial charge in [-0.2, -0.15) is 0 Å². The molecule has 0 saturated carbocycles. The van der Waals surface area contributed by atoms with Gasteiger partial charge in [0.15, 0.2) is 17.5 Å². The van der Waals surface area contributed by atoms with Crippen molar-refractivity contribution in [2.75, 3.05) is 4.90 Å². The minimum absolute atomic E-state index is 0.520. The number of rotatable bonds is 6. The maximum atomic E-state index is 5.02. The van der Waals surface area contributed by atoms with Crippen LogP contribution in [0.5, 0.6) is 0 Å². The van der Waals surface area contributed by atoms with Crippen LogP contribution in [0.15, 0.2) is 231 Å². The first kappa shape index (κ1) is 35.7. The Kier molecular flexibility index (Phi) is 8.36. The van der Waals surface area contributed by atoms with Gasteiger partial charge in [-0.1, -0.05) is 188 Å². The van der Waals surface area contributed by atoms with Gasteiger partial charge in [-0.05, 0) is 98.1 Å². The van der Waals surface area contributed by atoms with Crippen molar-refractivity contribution < 1.29 is 0 Å². The van der Waals surface area contributed by atoms with E-state index < -0.39 is 5.41 Å². The van der Waals surface area contributed by atoms with Crippen LogP contribution >= 0.6 is 0 Å². The van der Waals surface area contributed by atoms with E-state index in [1.165, 1.54) is 50.3 Å². The van der Waals surface area contributed by atoms with Gasteiger partial charge in [0.05, 0.1) is 16.8 Å². The second kappa shape index (κ2) is 14.5. The summed E-state index contributed by atoms with van der Waals surface area (Å²) in [5, 5.41) is 0. The number of hydrogen-bond donors (Lipinski definition) is 0. The summed E-state index contributed by atoms with van der Waals surface area (Å²) in [7, 11) is 0. The molecule has 0 bridgehead atoms. The monoisotopic (exact) mass is 790 g/mol. The van der Waals surface area contributed by atoms with E-state index in [2.05, 4.69) is 175 Å². The minimum atomic E-state index is -0.520. The van der Waals surface area contributed by atoms with Gasteiger partial charge in [0.2, 0.25) is 0 Å². The highest BCUT2D eigenvalue weighted by Gasteiger charge is 2.51. The van der Waals surface area contributed by atoms with Crippen molar-refractivity contribution in [1.29, 1.82) is 0 Å². The highest BCUT2D eigenvalue weighted by Crippen LogP contribution is 2.63. The summed E-state index contributed by atoms with van der Waals surface area (Å²) < 4.78 is 0. The van der Waals surface area contributed by atoms with E-state index in [1.54, 1.807) is 0 Å². The van der Waals surface area contributed by atoms with Crippen molar-refractivity contribution in [1.82, 2.24) is 15.0 Å². The fraction of sp³-hybridized carbons (Fsp3) is 0.0172. The van der Waals surface area contributed by atoms with Crippen LogP contribution in [0.25, 0.3) is 67.5 Å². The molecular weight excluding hydrogens is 753 g/mol. The summed E-state index contributed by atoms with van der Waals surface area (Å²) in [5.74, 6) is 1.93. The first-order chi connectivity index (χ1) is 30.7. The molecule has 290 valence electrons. The van der Waals surface area contributed by atoms with Gasteiger partial charge in [0.1, 0.15) is 0 Å². The van der Waals surface area contributed by atoms with E-state index in [9.17, 15) is 0 Å². The molecule has 0 N–H and O–H groups in total. The molecule has 10 aromatic rings. The molecule has 1 aliphatic carbocycles. The van der Waals surface area contributed by atoms with Gasteiger partial charge in [-0.15, -0.1) is 0 Å². The number of hydrogen-bond acceptors (Lipinski definition) is 4. The van der Waals surface area contributed by atoms with E-state index in [1.807, 2.05) is 60.7 Å². The normalized spacial score (nSPS) is 12.9. The maximum Gasteiger partial charge on any atom is 0.164 e. The van der Waals surface area contributed by atoms with Gasteiger partial charge in [0.25, 0.3) is 0 Å². The summed E-state index contributed by atoms with van der Waals surface area (Å²) in [6, 6.07) is 82.5. The number of benzene rings is 9. The topological polar surface area (TPSA) is 41.9 Å². The first-order valence-electron chi connectivity index (χ1n) is 21.1. The Morgan fingerprint density at radius 3 is 1.26 bits per heavy atom. The fourth-order valence-electron chi connectivity index (χ4n) is 9.79. The smallest absolute Gasteiger partial charge is 0.164 e. The second-order valence-electron chi connectivity index (χ2n) is 16.0. The van der Waals surface area contributed by atoms with Crippen LogP contribution in [-0.4, -0.2) is 15.0 Å². The largest absolute Gasteiger partial charge is 0.310 e. The Bertz CT molecular complexity index is 3200. The van der Waals surface area contributed by atoms with Crippen LogP contribution in [0.3, 0.4) is 0 Å². The average Bonchev–Trinajstić information content (AvgIpc) is 3.65. The SMILES string of the molecule is c1ccc(-c2nc(-c3ccccc3)nc(-c3cccc(-c4cccc(-c5ccc6c(c5)C5(c7ccccc7-6)c6ccccc6N(c6ccccc6)c6ccccc65)c4)c3)n2)cc1. The van der Waals surface area contributed by atoms with Crippen molar-refractivity contribution in [3.05, 3.63) is 253 Å². The van der Waals surface area contributed by atoms with Crippen molar-refractivity contribution in [2.24, 2.45) is 0 Å². The van der Waals surface area contributed by atoms with Crippen molar-refractivity contribution in [3.63, 3.8) is 0 Å². The molecule has 0 fully saturated rings. The van der Waals surface area contributed by atoms with Crippen LogP contribution in [0, 0.1) is 0 Å². The Labute approximate surface area is 361 Å². The third-order valence-corrected chi connectivity index (χ3v) is 12.5. The predicted octanol–water partition coefficient (Wildman–Crippen LogP) is 14.4. The predicted molar refractivity (Wildman–Crippen MR) is 253 cm³/mol. The molecule has 2 heterocycles. The molecule has 0 atom stereocenters. The lowest BCUT2D eigenvalue weighted by atomic mass is 9.64. The number of aromatic nitrogens is 3. The molecule has 1 aliphatic heterocycles. The lowest BCUT2D eigenvalue weighted by Crippen LogP contribution is -2.36. The Hall–Kier alpha value is -8.21. The van der Waals surface area contributed by atoms with Crippen LogP contribution in [0.1, 0.15) is 22.3 Å². The summed E-state index contributed by atoms with van der Waals surface area (Å²) in [5.41, 5.74) is 18.1. The third kappa shape index (κ3) is 5.65. The molecule has 0 saturated heterocycles. The second-order valence-corrected chi connectivity index (χ2v) is 16.0. The zero-order valence-corrected chi connectivity index (χ0v) is 33.7. The highest BCUT2D eigenvalue weighted by molar-refractivity contribution is 5.96. The Balaban J connectivity index is 0.987. The van der Waals surface area contributed by atoms with Crippen LogP contribution in [-0.2, 0) is 5.41 Å². The van der Waals surface area contributed by atoms with Crippen LogP contribution in [0.2, 0.25) is 0 Å². The van der Waals surface area contributed by atoms with E-state index in [-0.39, 0.29) is 0 Å². The summed E-state index contributed by atoms with van der Waals surface area (Å²) in [6.45, 7) is 0. The summed E-state index contributed by atoms with van der Waals surface area (Å²) in [6.07, 6.45) is 0. The van der Waals surface area contributed by atoms with Gasteiger partial charge in [-0.3, -0.25) is 0 Å². The van der Waals surface area contributed by atoms with Gasteiger partial charge in [-0.25, -0.2) is 15.0 Å². The van der Waals surface area contributed by atoms with Crippen molar-refractivity contribution >= 4 is 17.1 Å². The van der Waals surface area contributed by atoms with Crippen LogP contribution < -0.4 is 4.90 Å². The number of anilines is 3. The van der Waals surface area contributed by atoms with E-state index >= 15 is 0 Å². The molecule has 0 amide bonds. The molecule has 2 aliphatic rings. The maximum absolute atomic E-state index is 5.02. The van der Waals surface area contributed by atoms with Crippen molar-refractivity contribution in [2.45, 2.75) is 5.41 Å². The molecule has 1 aromatic heterocycles. The number of nitrogens with zero attached hydrogens (tertiary/aromatic N) is 4. The minimum Gasteiger partial charge on any atom is -0.310 e. The quantitative estimate of drug-likeness (QED) is 0.168.